The van der Waals surface area contributed by atoms with E-state index in [0.717, 1.165) is 21.6 Å². The molecule has 1 aromatic carbocycles. The second kappa shape index (κ2) is 6.01. The molecule has 2 rings (SSSR count). The van der Waals surface area contributed by atoms with E-state index >= 15 is 0 Å². The number of halogens is 2. The lowest BCUT2D eigenvalue weighted by Crippen LogP contribution is -2.21. The monoisotopic (exact) mass is 329 g/mol. The zero-order valence-corrected chi connectivity index (χ0v) is 12.6. The van der Waals surface area contributed by atoms with Gasteiger partial charge in [-0.2, -0.15) is 0 Å². The van der Waals surface area contributed by atoms with Crippen LogP contribution in [0.2, 0.25) is 5.02 Å². The Labute approximate surface area is 119 Å². The van der Waals surface area contributed by atoms with Crippen molar-refractivity contribution in [3.8, 4) is 0 Å². The molecule has 0 bridgehead atoms. The van der Waals surface area contributed by atoms with E-state index in [0.29, 0.717) is 0 Å². The fourth-order valence-corrected chi connectivity index (χ4v) is 3.18. The third-order valence-corrected chi connectivity index (χ3v) is 4.28. The lowest BCUT2D eigenvalue weighted by molar-refractivity contribution is 0.639. The summed E-state index contributed by atoms with van der Waals surface area (Å²) in [7, 11) is 0. The van der Waals surface area contributed by atoms with Crippen molar-refractivity contribution in [3.05, 3.63) is 55.6 Å². The topological polar surface area (TPSA) is 12.0 Å². The van der Waals surface area contributed by atoms with E-state index < -0.39 is 0 Å². The van der Waals surface area contributed by atoms with Gasteiger partial charge in [0.15, 0.2) is 0 Å². The van der Waals surface area contributed by atoms with Gasteiger partial charge < -0.3 is 5.32 Å². The van der Waals surface area contributed by atoms with E-state index in [2.05, 4.69) is 51.7 Å². The van der Waals surface area contributed by atoms with Crippen LogP contribution in [0.25, 0.3) is 0 Å². The van der Waals surface area contributed by atoms with Gasteiger partial charge in [0.25, 0.3) is 0 Å². The van der Waals surface area contributed by atoms with Gasteiger partial charge in [-0.3, -0.25) is 0 Å². The minimum Gasteiger partial charge on any atom is -0.306 e. The Morgan fingerprint density at radius 2 is 2.24 bits per heavy atom. The van der Waals surface area contributed by atoms with Gasteiger partial charge in [0.1, 0.15) is 0 Å². The minimum absolute atomic E-state index is 0.171. The Morgan fingerprint density at radius 3 is 2.88 bits per heavy atom. The number of benzene rings is 1. The average Bonchev–Trinajstić information content (AvgIpc) is 2.83. The molecule has 1 aromatic heterocycles. The molecule has 1 atom stereocenters. The zero-order valence-electron chi connectivity index (χ0n) is 9.41. The van der Waals surface area contributed by atoms with Crippen molar-refractivity contribution < 1.29 is 0 Å². The lowest BCUT2D eigenvalue weighted by atomic mass is 10.1. The first kappa shape index (κ1) is 13.1. The molecule has 4 heteroatoms. The predicted octanol–water partition coefficient (Wildman–Crippen LogP) is 4.86. The van der Waals surface area contributed by atoms with Crippen LogP contribution < -0.4 is 5.32 Å². The van der Waals surface area contributed by atoms with E-state index in [9.17, 15) is 0 Å². The average molecular weight is 331 g/mol. The fourth-order valence-electron chi connectivity index (χ4n) is 1.76. The number of nitrogens with one attached hydrogen (secondary N) is 1. The van der Waals surface area contributed by atoms with E-state index in [4.69, 9.17) is 11.6 Å². The van der Waals surface area contributed by atoms with Crippen LogP contribution in [-0.4, -0.2) is 6.54 Å². The summed E-state index contributed by atoms with van der Waals surface area (Å²) < 4.78 is 1.05. The normalized spacial score (nSPS) is 12.6. The Hall–Kier alpha value is -0.350. The number of hydrogen-bond acceptors (Lipinski definition) is 2. The van der Waals surface area contributed by atoms with Crippen LogP contribution in [-0.2, 0) is 0 Å². The standard InChI is InChI=1S/C13H13BrClNS/c1-2-16-13(12-4-3-7-17-12)10-8-9(14)5-6-11(10)15/h3-8,13,16H,2H2,1H3. The Kier molecular flexibility index (Phi) is 4.62. The molecule has 1 nitrogen and oxygen atoms in total. The first-order chi connectivity index (χ1) is 8.22. The van der Waals surface area contributed by atoms with Crippen molar-refractivity contribution in [2.24, 2.45) is 0 Å². The summed E-state index contributed by atoms with van der Waals surface area (Å²) in [6.45, 7) is 3.01. The molecule has 90 valence electrons. The molecular formula is C13H13BrClNS. The summed E-state index contributed by atoms with van der Waals surface area (Å²) in [5, 5.41) is 6.36. The summed E-state index contributed by atoms with van der Waals surface area (Å²) in [6, 6.07) is 10.3. The summed E-state index contributed by atoms with van der Waals surface area (Å²) in [4.78, 5) is 1.28. The van der Waals surface area contributed by atoms with Crippen molar-refractivity contribution in [1.29, 1.82) is 0 Å². The van der Waals surface area contributed by atoms with Crippen LogP contribution in [0.4, 0.5) is 0 Å². The van der Waals surface area contributed by atoms with Gasteiger partial charge in [0.2, 0.25) is 0 Å². The highest BCUT2D eigenvalue weighted by atomic mass is 79.9. The first-order valence-electron chi connectivity index (χ1n) is 5.44. The van der Waals surface area contributed by atoms with Crippen molar-refractivity contribution in [3.63, 3.8) is 0 Å². The highest BCUT2D eigenvalue weighted by Crippen LogP contribution is 2.32. The first-order valence-corrected chi connectivity index (χ1v) is 7.49. The fraction of sp³-hybridized carbons (Fsp3) is 0.231. The van der Waals surface area contributed by atoms with Gasteiger partial charge in [0, 0.05) is 14.4 Å². The predicted molar refractivity (Wildman–Crippen MR) is 79.0 cm³/mol. The third kappa shape index (κ3) is 3.10. The summed E-state index contributed by atoms with van der Waals surface area (Å²) >= 11 is 11.5. The molecule has 0 saturated carbocycles. The maximum absolute atomic E-state index is 6.29. The van der Waals surface area contributed by atoms with Gasteiger partial charge in [0.05, 0.1) is 6.04 Å². The van der Waals surface area contributed by atoms with Crippen LogP contribution in [0.1, 0.15) is 23.4 Å². The largest absolute Gasteiger partial charge is 0.306 e. The summed E-state index contributed by atoms with van der Waals surface area (Å²) in [5.74, 6) is 0. The summed E-state index contributed by atoms with van der Waals surface area (Å²) in [5.41, 5.74) is 1.12. The van der Waals surface area contributed by atoms with Crippen molar-refractivity contribution >= 4 is 38.9 Å². The quantitative estimate of drug-likeness (QED) is 0.844. The summed E-state index contributed by atoms with van der Waals surface area (Å²) in [6.07, 6.45) is 0. The van der Waals surface area contributed by atoms with E-state index in [-0.39, 0.29) is 6.04 Å². The zero-order chi connectivity index (χ0) is 12.3. The van der Waals surface area contributed by atoms with E-state index in [1.807, 2.05) is 12.1 Å². The Morgan fingerprint density at radius 1 is 1.41 bits per heavy atom. The number of rotatable bonds is 4. The molecular weight excluding hydrogens is 318 g/mol. The molecule has 0 aliphatic carbocycles. The molecule has 17 heavy (non-hydrogen) atoms. The highest BCUT2D eigenvalue weighted by molar-refractivity contribution is 9.10. The smallest absolute Gasteiger partial charge is 0.0685 e. The molecule has 1 heterocycles. The minimum atomic E-state index is 0.171. The van der Waals surface area contributed by atoms with Crippen LogP contribution in [0, 0.1) is 0 Å². The molecule has 0 spiro atoms. The third-order valence-electron chi connectivity index (χ3n) is 2.50. The van der Waals surface area contributed by atoms with E-state index in [1.54, 1.807) is 11.3 Å². The molecule has 2 aromatic rings. The molecule has 1 N–H and O–H groups in total. The van der Waals surface area contributed by atoms with Crippen molar-refractivity contribution in [2.45, 2.75) is 13.0 Å². The van der Waals surface area contributed by atoms with Gasteiger partial charge in [-0.15, -0.1) is 11.3 Å². The maximum atomic E-state index is 6.29. The molecule has 0 radical (unpaired) electrons. The lowest BCUT2D eigenvalue weighted by Gasteiger charge is -2.18. The Bertz CT molecular complexity index is 484. The SMILES string of the molecule is CCNC(c1cccs1)c1cc(Br)ccc1Cl. The Balaban J connectivity index is 2.42. The van der Waals surface area contributed by atoms with Crippen LogP contribution >= 0.6 is 38.9 Å². The molecule has 0 aliphatic rings. The van der Waals surface area contributed by atoms with Crippen LogP contribution in [0.15, 0.2) is 40.2 Å². The van der Waals surface area contributed by atoms with Crippen molar-refractivity contribution in [1.82, 2.24) is 5.32 Å². The second-order valence-electron chi connectivity index (χ2n) is 3.67. The molecule has 0 fully saturated rings. The molecule has 0 aliphatic heterocycles. The maximum Gasteiger partial charge on any atom is 0.0685 e. The second-order valence-corrected chi connectivity index (χ2v) is 5.97. The molecule has 1 unspecified atom stereocenters. The van der Waals surface area contributed by atoms with Gasteiger partial charge in [-0.05, 0) is 41.8 Å². The number of hydrogen-bond donors (Lipinski definition) is 1. The molecule has 0 saturated heterocycles. The molecule has 0 amide bonds. The van der Waals surface area contributed by atoms with Crippen LogP contribution in [0.5, 0.6) is 0 Å². The van der Waals surface area contributed by atoms with Crippen molar-refractivity contribution in [2.75, 3.05) is 6.54 Å². The van der Waals surface area contributed by atoms with Gasteiger partial charge in [-0.25, -0.2) is 0 Å². The highest BCUT2D eigenvalue weighted by Gasteiger charge is 2.17. The van der Waals surface area contributed by atoms with E-state index in [1.165, 1.54) is 4.88 Å². The van der Waals surface area contributed by atoms with Crippen LogP contribution in [0.3, 0.4) is 0 Å². The van der Waals surface area contributed by atoms with Gasteiger partial charge >= 0.3 is 0 Å². The number of thiophene rings is 1. The van der Waals surface area contributed by atoms with Gasteiger partial charge in [-0.1, -0.05) is 40.5 Å².